The van der Waals surface area contributed by atoms with Gasteiger partial charge in [0, 0.05) is 5.41 Å². The molecule has 2 atom stereocenters. The lowest BCUT2D eigenvalue weighted by atomic mass is 9.29. The first-order valence-electron chi connectivity index (χ1n) is 4.89. The Hall–Kier alpha value is 0.790. The van der Waals surface area contributed by atoms with Gasteiger partial charge in [0.2, 0.25) is 0 Å². The van der Waals surface area contributed by atoms with Crippen LogP contribution in [0.25, 0.3) is 0 Å². The Labute approximate surface area is 84.8 Å². The second-order valence-electron chi connectivity index (χ2n) is 6.11. The molecular formula is C10H19FP2. The number of halogens is 1. The van der Waals surface area contributed by atoms with Crippen LogP contribution in [0.1, 0.15) is 40.0 Å². The van der Waals surface area contributed by atoms with Crippen molar-refractivity contribution in [3.8, 4) is 0 Å². The molecule has 0 heterocycles. The van der Waals surface area contributed by atoms with E-state index in [0.29, 0.717) is 10.8 Å². The lowest BCUT2D eigenvalue weighted by molar-refractivity contribution is -0.278. The zero-order chi connectivity index (χ0) is 10.1. The number of hydrogen-bond acceptors (Lipinski definition) is 0. The average Bonchev–Trinajstić information content (AvgIpc) is 1.41. The molecule has 3 fully saturated rings. The summed E-state index contributed by atoms with van der Waals surface area (Å²) in [7, 11) is 4.69. The third-order valence-electron chi connectivity index (χ3n) is 4.43. The Bertz CT molecular complexity index is 203. The summed E-state index contributed by atoms with van der Waals surface area (Å²) in [5.74, 6) is 0. The van der Waals surface area contributed by atoms with Crippen LogP contribution in [0.15, 0.2) is 0 Å². The minimum absolute atomic E-state index is 0.0182. The fourth-order valence-corrected chi connectivity index (χ4v) is 3.60. The molecule has 0 aromatic rings. The third kappa shape index (κ3) is 1.10. The van der Waals surface area contributed by atoms with Crippen LogP contribution in [0, 0.1) is 16.2 Å². The van der Waals surface area contributed by atoms with Gasteiger partial charge < -0.3 is 0 Å². The SMILES string of the molecule is CC(C)(C)C12CC(C(F)(P)P)(C1)C2. The molecule has 0 aromatic carbocycles. The van der Waals surface area contributed by atoms with E-state index in [1.165, 1.54) is 0 Å². The Morgan fingerprint density at radius 3 is 1.62 bits per heavy atom. The molecule has 0 N–H and O–H groups in total. The van der Waals surface area contributed by atoms with Crippen molar-refractivity contribution < 1.29 is 4.39 Å². The van der Waals surface area contributed by atoms with E-state index in [4.69, 9.17) is 0 Å². The minimum atomic E-state index is -1.12. The highest BCUT2D eigenvalue weighted by Gasteiger charge is 2.76. The van der Waals surface area contributed by atoms with E-state index < -0.39 is 5.15 Å². The fraction of sp³-hybridized carbons (Fsp3) is 1.00. The van der Waals surface area contributed by atoms with Gasteiger partial charge in [0.05, 0.1) is 0 Å². The standard InChI is InChI=1S/C10H19FP2/c1-7(2,3)8-4-9(5-8,6-8)10(11,12)13/h4-6,12-13H2,1-3H3. The van der Waals surface area contributed by atoms with Crippen LogP contribution in [0.4, 0.5) is 4.39 Å². The molecule has 0 saturated heterocycles. The Morgan fingerprint density at radius 2 is 1.38 bits per heavy atom. The molecule has 3 rings (SSSR count). The lowest BCUT2D eigenvalue weighted by Gasteiger charge is -2.78. The monoisotopic (exact) mass is 220 g/mol. The second-order valence-corrected chi connectivity index (χ2v) is 8.46. The van der Waals surface area contributed by atoms with E-state index in [9.17, 15) is 4.39 Å². The predicted molar refractivity (Wildman–Crippen MR) is 61.4 cm³/mol. The van der Waals surface area contributed by atoms with Gasteiger partial charge in [-0.25, -0.2) is 4.39 Å². The Kier molecular flexibility index (Phi) is 1.83. The smallest absolute Gasteiger partial charge is 0.141 e. The molecule has 3 heteroatoms. The molecule has 0 radical (unpaired) electrons. The first-order chi connectivity index (χ1) is 5.62. The van der Waals surface area contributed by atoms with Crippen molar-refractivity contribution in [3.05, 3.63) is 0 Å². The highest BCUT2D eigenvalue weighted by molar-refractivity contribution is 7.39. The minimum Gasteiger partial charge on any atom is -0.235 e. The molecule has 0 aromatic heterocycles. The molecule has 2 unspecified atom stereocenters. The van der Waals surface area contributed by atoms with Crippen molar-refractivity contribution in [1.29, 1.82) is 0 Å². The topological polar surface area (TPSA) is 0 Å². The van der Waals surface area contributed by atoms with E-state index in [-0.39, 0.29) is 5.41 Å². The van der Waals surface area contributed by atoms with Gasteiger partial charge >= 0.3 is 0 Å². The molecule has 0 nitrogen and oxygen atoms in total. The zero-order valence-electron chi connectivity index (χ0n) is 8.65. The molecular weight excluding hydrogens is 201 g/mol. The summed E-state index contributed by atoms with van der Waals surface area (Å²) >= 11 is 0. The van der Waals surface area contributed by atoms with Gasteiger partial charge in [0.15, 0.2) is 0 Å². The highest BCUT2D eigenvalue weighted by atomic mass is 31.1. The molecule has 0 amide bonds. The van der Waals surface area contributed by atoms with Crippen LogP contribution in [-0.2, 0) is 0 Å². The van der Waals surface area contributed by atoms with Crippen molar-refractivity contribution in [2.24, 2.45) is 16.2 Å². The normalized spacial score (nSPS) is 43.8. The van der Waals surface area contributed by atoms with Crippen LogP contribution < -0.4 is 0 Å². The van der Waals surface area contributed by atoms with Gasteiger partial charge in [-0.15, -0.1) is 0 Å². The molecule has 0 aliphatic heterocycles. The fourth-order valence-electron chi connectivity index (χ4n) is 2.99. The van der Waals surface area contributed by atoms with Crippen molar-refractivity contribution >= 4 is 18.5 Å². The van der Waals surface area contributed by atoms with E-state index >= 15 is 0 Å². The van der Waals surface area contributed by atoms with Crippen molar-refractivity contribution in [2.45, 2.75) is 45.2 Å². The van der Waals surface area contributed by atoms with Crippen LogP contribution in [-0.4, -0.2) is 5.15 Å². The first kappa shape index (κ1) is 10.3. The van der Waals surface area contributed by atoms with E-state index in [0.717, 1.165) is 19.3 Å². The van der Waals surface area contributed by atoms with E-state index in [1.807, 2.05) is 0 Å². The van der Waals surface area contributed by atoms with Gasteiger partial charge in [-0.3, -0.25) is 0 Å². The van der Waals surface area contributed by atoms with Crippen molar-refractivity contribution in [2.75, 3.05) is 0 Å². The molecule has 76 valence electrons. The van der Waals surface area contributed by atoms with E-state index in [2.05, 4.69) is 39.3 Å². The summed E-state index contributed by atoms with van der Waals surface area (Å²) in [6.45, 7) is 6.84. The molecule has 3 aliphatic carbocycles. The summed E-state index contributed by atoms with van der Waals surface area (Å²) in [6, 6.07) is 0. The van der Waals surface area contributed by atoms with Crippen LogP contribution >= 0.6 is 18.5 Å². The molecule has 3 saturated carbocycles. The van der Waals surface area contributed by atoms with Crippen LogP contribution in [0.3, 0.4) is 0 Å². The summed E-state index contributed by atoms with van der Waals surface area (Å²) in [5.41, 5.74) is 0.794. The molecule has 2 bridgehead atoms. The summed E-state index contributed by atoms with van der Waals surface area (Å²) in [4.78, 5) is 0. The van der Waals surface area contributed by atoms with Crippen molar-refractivity contribution in [1.82, 2.24) is 0 Å². The third-order valence-corrected chi connectivity index (χ3v) is 5.66. The molecule has 3 aliphatic rings. The predicted octanol–water partition coefficient (Wildman–Crippen LogP) is 3.58. The Balaban J connectivity index is 2.09. The van der Waals surface area contributed by atoms with Gasteiger partial charge in [0.25, 0.3) is 0 Å². The maximum atomic E-state index is 13.7. The molecule has 13 heavy (non-hydrogen) atoms. The van der Waals surface area contributed by atoms with Crippen molar-refractivity contribution in [3.63, 3.8) is 0 Å². The van der Waals surface area contributed by atoms with Crippen LogP contribution in [0.5, 0.6) is 0 Å². The summed E-state index contributed by atoms with van der Waals surface area (Å²) in [5, 5.41) is -1.12. The average molecular weight is 220 g/mol. The maximum Gasteiger partial charge on any atom is 0.141 e. The van der Waals surface area contributed by atoms with Gasteiger partial charge in [0.1, 0.15) is 5.15 Å². The van der Waals surface area contributed by atoms with Gasteiger partial charge in [-0.2, -0.15) is 0 Å². The van der Waals surface area contributed by atoms with Gasteiger partial charge in [-0.1, -0.05) is 39.3 Å². The number of alkyl halides is 1. The lowest BCUT2D eigenvalue weighted by Crippen LogP contribution is -2.71. The first-order valence-corrected chi connectivity index (χ1v) is 6.04. The van der Waals surface area contributed by atoms with Crippen LogP contribution in [0.2, 0.25) is 0 Å². The van der Waals surface area contributed by atoms with E-state index in [1.54, 1.807) is 0 Å². The maximum absolute atomic E-state index is 13.7. The molecule has 0 spiro atoms. The summed E-state index contributed by atoms with van der Waals surface area (Å²) in [6.07, 6.45) is 3.23. The Morgan fingerprint density at radius 1 is 1.00 bits per heavy atom. The highest BCUT2D eigenvalue weighted by Crippen LogP contribution is 2.84. The quantitative estimate of drug-likeness (QED) is 0.592. The largest absolute Gasteiger partial charge is 0.235 e. The van der Waals surface area contributed by atoms with Gasteiger partial charge in [-0.05, 0) is 30.1 Å². The second kappa shape index (κ2) is 2.30. The number of rotatable bonds is 1. The summed E-state index contributed by atoms with van der Waals surface area (Å²) < 4.78 is 13.7. The zero-order valence-corrected chi connectivity index (χ0v) is 11.0. The number of hydrogen-bond donors (Lipinski definition) is 0.